The summed E-state index contributed by atoms with van der Waals surface area (Å²) in [7, 11) is 0. The van der Waals surface area contributed by atoms with E-state index in [2.05, 4.69) is 0 Å². The predicted octanol–water partition coefficient (Wildman–Crippen LogP) is 2.82. The minimum Gasteiger partial charge on any atom is -0.451 e. The van der Waals surface area contributed by atoms with Crippen LogP contribution in [0.3, 0.4) is 0 Å². The SMILES string of the molecule is Cc1c(C(=O)N2CC[C@H](CN)C2)oc2ccc(Cl)cc12. The molecule has 2 N–H and O–H groups in total. The second-order valence-electron chi connectivity index (χ2n) is 5.34. The number of nitrogens with zero attached hydrogens (tertiary/aromatic N) is 1. The molecular weight excluding hydrogens is 276 g/mol. The van der Waals surface area contributed by atoms with Crippen LogP contribution in [-0.4, -0.2) is 30.4 Å². The normalized spacial score (nSPS) is 18.9. The molecule has 0 aliphatic carbocycles. The van der Waals surface area contributed by atoms with Gasteiger partial charge in [0.25, 0.3) is 5.91 Å². The maximum atomic E-state index is 12.5. The number of aryl methyl sites for hydroxylation is 1. The number of carbonyl (C=O) groups is 1. The maximum Gasteiger partial charge on any atom is 0.289 e. The zero-order valence-electron chi connectivity index (χ0n) is 11.4. The van der Waals surface area contributed by atoms with Crippen LogP contribution in [0.2, 0.25) is 5.02 Å². The first-order chi connectivity index (χ1) is 9.60. The Kier molecular flexibility index (Phi) is 3.44. The number of carbonyl (C=O) groups excluding carboxylic acids is 1. The number of hydrogen-bond acceptors (Lipinski definition) is 3. The van der Waals surface area contributed by atoms with E-state index in [1.54, 1.807) is 12.1 Å². The van der Waals surface area contributed by atoms with Gasteiger partial charge in [-0.3, -0.25) is 4.79 Å². The van der Waals surface area contributed by atoms with Gasteiger partial charge in [0.1, 0.15) is 5.58 Å². The highest BCUT2D eigenvalue weighted by Gasteiger charge is 2.29. The van der Waals surface area contributed by atoms with Crippen molar-refractivity contribution in [2.24, 2.45) is 11.7 Å². The first-order valence-corrected chi connectivity index (χ1v) is 7.16. The molecule has 0 unspecified atom stereocenters. The fourth-order valence-electron chi connectivity index (χ4n) is 2.75. The van der Waals surface area contributed by atoms with Gasteiger partial charge in [0.2, 0.25) is 0 Å². The standard InChI is InChI=1S/C15H17ClN2O2/c1-9-12-6-11(16)2-3-13(12)20-14(9)15(19)18-5-4-10(7-17)8-18/h2-3,6,10H,4-5,7-8,17H2,1H3/t10-/m1/s1. The summed E-state index contributed by atoms with van der Waals surface area (Å²) in [5.74, 6) is 0.767. The monoisotopic (exact) mass is 292 g/mol. The molecule has 1 atom stereocenters. The lowest BCUT2D eigenvalue weighted by Gasteiger charge is -2.14. The van der Waals surface area contributed by atoms with Gasteiger partial charge < -0.3 is 15.1 Å². The number of halogens is 1. The Morgan fingerprint density at radius 1 is 1.55 bits per heavy atom. The molecule has 5 heteroatoms. The van der Waals surface area contributed by atoms with Gasteiger partial charge in [0.15, 0.2) is 5.76 Å². The molecule has 1 fully saturated rings. The summed E-state index contributed by atoms with van der Waals surface area (Å²) in [6.07, 6.45) is 0.966. The molecule has 1 aromatic heterocycles. The van der Waals surface area contributed by atoms with E-state index in [0.717, 1.165) is 23.9 Å². The molecule has 1 aliphatic heterocycles. The molecule has 2 heterocycles. The van der Waals surface area contributed by atoms with Gasteiger partial charge in [0, 0.05) is 29.1 Å². The van der Waals surface area contributed by atoms with Crippen LogP contribution in [0, 0.1) is 12.8 Å². The molecule has 1 amide bonds. The van der Waals surface area contributed by atoms with Gasteiger partial charge in [-0.05, 0) is 44.0 Å². The van der Waals surface area contributed by atoms with Crippen molar-refractivity contribution in [3.05, 3.63) is 34.5 Å². The van der Waals surface area contributed by atoms with Crippen molar-refractivity contribution in [2.45, 2.75) is 13.3 Å². The topological polar surface area (TPSA) is 59.5 Å². The Morgan fingerprint density at radius 2 is 2.35 bits per heavy atom. The van der Waals surface area contributed by atoms with Crippen molar-refractivity contribution in [3.63, 3.8) is 0 Å². The zero-order valence-corrected chi connectivity index (χ0v) is 12.1. The molecule has 1 aliphatic rings. The van der Waals surface area contributed by atoms with E-state index in [0.29, 0.717) is 35.4 Å². The predicted molar refractivity (Wildman–Crippen MR) is 79.0 cm³/mol. The van der Waals surface area contributed by atoms with Crippen LogP contribution >= 0.6 is 11.6 Å². The van der Waals surface area contributed by atoms with E-state index in [1.165, 1.54) is 0 Å². The van der Waals surface area contributed by atoms with Crippen molar-refractivity contribution in [3.8, 4) is 0 Å². The van der Waals surface area contributed by atoms with E-state index < -0.39 is 0 Å². The van der Waals surface area contributed by atoms with Crippen LogP contribution in [0.15, 0.2) is 22.6 Å². The van der Waals surface area contributed by atoms with Crippen molar-refractivity contribution in [1.82, 2.24) is 4.90 Å². The first-order valence-electron chi connectivity index (χ1n) is 6.78. The second-order valence-corrected chi connectivity index (χ2v) is 5.77. The number of likely N-dealkylation sites (tertiary alicyclic amines) is 1. The molecule has 2 aromatic rings. The number of hydrogen-bond donors (Lipinski definition) is 1. The van der Waals surface area contributed by atoms with Crippen molar-refractivity contribution < 1.29 is 9.21 Å². The van der Waals surface area contributed by atoms with Gasteiger partial charge in [-0.25, -0.2) is 0 Å². The third kappa shape index (κ3) is 2.19. The van der Waals surface area contributed by atoms with Crippen LogP contribution in [0.25, 0.3) is 11.0 Å². The molecule has 4 nitrogen and oxygen atoms in total. The summed E-state index contributed by atoms with van der Waals surface area (Å²) in [6, 6.07) is 5.40. The molecule has 3 rings (SSSR count). The van der Waals surface area contributed by atoms with Crippen molar-refractivity contribution >= 4 is 28.5 Å². The Balaban J connectivity index is 1.94. The van der Waals surface area contributed by atoms with Crippen LogP contribution in [-0.2, 0) is 0 Å². The van der Waals surface area contributed by atoms with Crippen LogP contribution in [0.5, 0.6) is 0 Å². The minimum atomic E-state index is -0.0502. The fourth-order valence-corrected chi connectivity index (χ4v) is 2.92. The molecule has 0 spiro atoms. The largest absolute Gasteiger partial charge is 0.451 e. The number of furan rings is 1. The molecule has 20 heavy (non-hydrogen) atoms. The van der Waals surface area contributed by atoms with Crippen LogP contribution < -0.4 is 5.73 Å². The number of nitrogens with two attached hydrogens (primary N) is 1. The number of rotatable bonds is 2. The lowest BCUT2D eigenvalue weighted by Crippen LogP contribution is -2.30. The molecule has 0 radical (unpaired) electrons. The molecular formula is C15H17ClN2O2. The molecule has 0 saturated carbocycles. The van der Waals surface area contributed by atoms with Gasteiger partial charge in [-0.1, -0.05) is 11.6 Å². The second kappa shape index (κ2) is 5.11. The Bertz CT molecular complexity index is 665. The number of amides is 1. The van der Waals surface area contributed by atoms with E-state index in [-0.39, 0.29) is 5.91 Å². The summed E-state index contributed by atoms with van der Waals surface area (Å²) in [4.78, 5) is 14.4. The van der Waals surface area contributed by atoms with E-state index >= 15 is 0 Å². The maximum absolute atomic E-state index is 12.5. The lowest BCUT2D eigenvalue weighted by molar-refractivity contribution is 0.0757. The lowest BCUT2D eigenvalue weighted by atomic mass is 10.1. The van der Waals surface area contributed by atoms with E-state index in [1.807, 2.05) is 17.9 Å². The number of fused-ring (bicyclic) bond motifs is 1. The van der Waals surface area contributed by atoms with Crippen LogP contribution in [0.1, 0.15) is 22.5 Å². The highest BCUT2D eigenvalue weighted by molar-refractivity contribution is 6.31. The Hall–Kier alpha value is -1.52. The molecule has 0 bridgehead atoms. The first kappa shape index (κ1) is 13.5. The van der Waals surface area contributed by atoms with Gasteiger partial charge in [-0.15, -0.1) is 0 Å². The third-order valence-corrected chi connectivity index (χ3v) is 4.23. The summed E-state index contributed by atoms with van der Waals surface area (Å²) in [6.45, 7) is 3.98. The Morgan fingerprint density at radius 3 is 3.05 bits per heavy atom. The van der Waals surface area contributed by atoms with E-state index in [9.17, 15) is 4.79 Å². The van der Waals surface area contributed by atoms with Crippen molar-refractivity contribution in [2.75, 3.05) is 19.6 Å². The minimum absolute atomic E-state index is 0.0502. The molecule has 1 aromatic carbocycles. The van der Waals surface area contributed by atoms with Crippen LogP contribution in [0.4, 0.5) is 0 Å². The average Bonchev–Trinajstić information content (AvgIpc) is 3.04. The van der Waals surface area contributed by atoms with E-state index in [4.69, 9.17) is 21.8 Å². The van der Waals surface area contributed by atoms with Gasteiger partial charge in [-0.2, -0.15) is 0 Å². The summed E-state index contributed by atoms with van der Waals surface area (Å²) in [5.41, 5.74) is 7.22. The highest BCUT2D eigenvalue weighted by Crippen LogP contribution is 2.29. The third-order valence-electron chi connectivity index (χ3n) is 4.00. The summed E-state index contributed by atoms with van der Waals surface area (Å²) >= 11 is 5.99. The highest BCUT2D eigenvalue weighted by atomic mass is 35.5. The average molecular weight is 293 g/mol. The smallest absolute Gasteiger partial charge is 0.289 e. The molecule has 106 valence electrons. The summed E-state index contributed by atoms with van der Waals surface area (Å²) < 4.78 is 5.72. The van der Waals surface area contributed by atoms with Gasteiger partial charge in [0.05, 0.1) is 0 Å². The van der Waals surface area contributed by atoms with Gasteiger partial charge >= 0.3 is 0 Å². The fraction of sp³-hybridized carbons (Fsp3) is 0.400. The number of benzene rings is 1. The summed E-state index contributed by atoms with van der Waals surface area (Å²) in [5, 5.41) is 1.54. The zero-order chi connectivity index (χ0) is 14.3. The quantitative estimate of drug-likeness (QED) is 0.926. The van der Waals surface area contributed by atoms with Crippen molar-refractivity contribution in [1.29, 1.82) is 0 Å². The Labute approximate surface area is 122 Å². The molecule has 1 saturated heterocycles.